The standard InChI is InChI=1S/C23H22O4/c1-3-13(2)27-22(25)20-19-18-14-8-4-6-10-16(14)23(20,12-26-21(19)24)17-11-7-5-9-15(17)18/h4-11,13,18-20H,3,12H2,1-2H3/t13-,18?,19?,20+,23?/m0/s1. The largest absolute Gasteiger partial charge is 0.464 e. The number of hydrogen-bond donors (Lipinski definition) is 0. The molecule has 0 radical (unpaired) electrons. The summed E-state index contributed by atoms with van der Waals surface area (Å²) in [6, 6.07) is 16.4. The molecule has 1 fully saturated rings. The van der Waals surface area contributed by atoms with Crippen LogP contribution in [0.3, 0.4) is 0 Å². The van der Waals surface area contributed by atoms with Crippen LogP contribution >= 0.6 is 0 Å². The normalized spacial score (nSPS) is 30.7. The van der Waals surface area contributed by atoms with E-state index in [-0.39, 0.29) is 30.6 Å². The van der Waals surface area contributed by atoms with Gasteiger partial charge < -0.3 is 9.47 Å². The summed E-state index contributed by atoms with van der Waals surface area (Å²) in [4.78, 5) is 26.2. The summed E-state index contributed by atoms with van der Waals surface area (Å²) in [5.41, 5.74) is 3.83. The minimum Gasteiger partial charge on any atom is -0.464 e. The Morgan fingerprint density at radius 2 is 1.74 bits per heavy atom. The number of esters is 2. The van der Waals surface area contributed by atoms with Gasteiger partial charge >= 0.3 is 11.9 Å². The zero-order valence-electron chi connectivity index (χ0n) is 15.5. The summed E-state index contributed by atoms with van der Waals surface area (Å²) in [7, 11) is 0. The van der Waals surface area contributed by atoms with Gasteiger partial charge in [0.25, 0.3) is 0 Å². The van der Waals surface area contributed by atoms with Crippen LogP contribution in [0.15, 0.2) is 48.5 Å². The predicted octanol–water partition coefficient (Wildman–Crippen LogP) is 3.56. The van der Waals surface area contributed by atoms with Crippen LogP contribution in [-0.4, -0.2) is 24.6 Å². The van der Waals surface area contributed by atoms with E-state index < -0.39 is 17.3 Å². The van der Waals surface area contributed by atoms with E-state index in [1.165, 1.54) is 0 Å². The molecule has 1 heterocycles. The molecule has 3 atom stereocenters. The topological polar surface area (TPSA) is 52.6 Å². The summed E-state index contributed by atoms with van der Waals surface area (Å²) in [6.07, 6.45) is 0.577. The molecule has 2 aromatic carbocycles. The first kappa shape index (κ1) is 16.5. The Balaban J connectivity index is 1.78. The van der Waals surface area contributed by atoms with Crippen molar-refractivity contribution in [1.29, 1.82) is 0 Å². The Labute approximate surface area is 158 Å². The lowest BCUT2D eigenvalue weighted by Crippen LogP contribution is -2.63. The molecule has 0 aromatic heterocycles. The van der Waals surface area contributed by atoms with Gasteiger partial charge in [-0.25, -0.2) is 0 Å². The van der Waals surface area contributed by atoms with Gasteiger partial charge in [0.2, 0.25) is 0 Å². The average Bonchev–Trinajstić information content (AvgIpc) is 2.70. The molecule has 4 heteroatoms. The molecule has 2 aromatic rings. The van der Waals surface area contributed by atoms with Crippen LogP contribution in [0.5, 0.6) is 0 Å². The third-order valence-corrected chi connectivity index (χ3v) is 6.66. The van der Waals surface area contributed by atoms with Gasteiger partial charge in [-0.3, -0.25) is 9.59 Å². The molecule has 0 saturated carbocycles. The minimum absolute atomic E-state index is 0.165. The summed E-state index contributed by atoms with van der Waals surface area (Å²) < 4.78 is 11.4. The average molecular weight is 362 g/mol. The molecule has 6 rings (SSSR count). The molecule has 138 valence electrons. The second kappa shape index (κ2) is 5.69. The van der Waals surface area contributed by atoms with Crippen molar-refractivity contribution in [3.8, 4) is 0 Å². The van der Waals surface area contributed by atoms with Gasteiger partial charge in [-0.2, -0.15) is 0 Å². The molecule has 3 bridgehead atoms. The highest BCUT2D eigenvalue weighted by Gasteiger charge is 2.67. The van der Waals surface area contributed by atoms with Crippen molar-refractivity contribution >= 4 is 11.9 Å². The predicted molar refractivity (Wildman–Crippen MR) is 99.3 cm³/mol. The highest BCUT2D eigenvalue weighted by molar-refractivity contribution is 5.91. The Bertz CT molecular complexity index is 899. The van der Waals surface area contributed by atoms with Crippen LogP contribution in [0.4, 0.5) is 0 Å². The summed E-state index contributed by atoms with van der Waals surface area (Å²) in [5, 5.41) is 0. The van der Waals surface area contributed by atoms with E-state index in [2.05, 4.69) is 24.3 Å². The molecule has 4 nitrogen and oxygen atoms in total. The van der Waals surface area contributed by atoms with Crippen LogP contribution < -0.4 is 0 Å². The first-order valence-electron chi connectivity index (χ1n) is 9.65. The Morgan fingerprint density at radius 1 is 1.15 bits per heavy atom. The molecular formula is C23H22O4. The van der Waals surface area contributed by atoms with Crippen molar-refractivity contribution in [2.75, 3.05) is 6.61 Å². The maximum atomic E-state index is 13.3. The first-order valence-corrected chi connectivity index (χ1v) is 9.65. The SMILES string of the molecule is CC[C@H](C)OC(=O)[C@H]1C2C(=O)OCC13c1ccccc1C2c1ccccc13. The quantitative estimate of drug-likeness (QED) is 0.784. The number of rotatable bonds is 3. The molecule has 27 heavy (non-hydrogen) atoms. The molecule has 4 aliphatic rings. The highest BCUT2D eigenvalue weighted by Crippen LogP contribution is 2.63. The summed E-state index contributed by atoms with van der Waals surface area (Å²) >= 11 is 0. The van der Waals surface area contributed by atoms with Crippen LogP contribution in [0, 0.1) is 11.8 Å². The van der Waals surface area contributed by atoms with Gasteiger partial charge in [0, 0.05) is 5.92 Å². The van der Waals surface area contributed by atoms with E-state index in [0.29, 0.717) is 0 Å². The van der Waals surface area contributed by atoms with Crippen LogP contribution in [0.2, 0.25) is 0 Å². The van der Waals surface area contributed by atoms with Gasteiger partial charge in [-0.15, -0.1) is 0 Å². The smallest absolute Gasteiger partial charge is 0.311 e. The first-order chi connectivity index (χ1) is 13.1. The zero-order chi connectivity index (χ0) is 18.8. The lowest BCUT2D eigenvalue weighted by molar-refractivity contribution is -0.181. The van der Waals surface area contributed by atoms with Crippen molar-refractivity contribution in [3.05, 3.63) is 70.8 Å². The number of benzene rings is 2. The third-order valence-electron chi connectivity index (χ3n) is 6.66. The maximum absolute atomic E-state index is 13.3. The second-order valence-corrected chi connectivity index (χ2v) is 7.89. The molecule has 1 spiro atoms. The third kappa shape index (κ3) is 1.98. The highest BCUT2D eigenvalue weighted by atomic mass is 16.6. The fourth-order valence-electron chi connectivity index (χ4n) is 5.38. The molecule has 3 aliphatic carbocycles. The van der Waals surface area contributed by atoms with E-state index >= 15 is 0 Å². The lowest BCUT2D eigenvalue weighted by Gasteiger charge is -2.58. The van der Waals surface area contributed by atoms with Gasteiger partial charge in [0.05, 0.1) is 23.4 Å². The molecular weight excluding hydrogens is 340 g/mol. The van der Waals surface area contributed by atoms with Crippen molar-refractivity contribution in [2.45, 2.75) is 37.7 Å². The van der Waals surface area contributed by atoms with Crippen molar-refractivity contribution in [1.82, 2.24) is 0 Å². The minimum atomic E-state index is -0.662. The molecule has 1 saturated heterocycles. The summed E-state index contributed by atoms with van der Waals surface area (Å²) in [5.74, 6) is -1.80. The van der Waals surface area contributed by atoms with Gasteiger partial charge in [0.1, 0.15) is 6.61 Å². The maximum Gasteiger partial charge on any atom is 0.311 e. The zero-order valence-corrected chi connectivity index (χ0v) is 15.5. The van der Waals surface area contributed by atoms with Gasteiger partial charge in [-0.1, -0.05) is 55.5 Å². The van der Waals surface area contributed by atoms with E-state index in [9.17, 15) is 9.59 Å². The van der Waals surface area contributed by atoms with E-state index in [4.69, 9.17) is 9.47 Å². The number of cyclic esters (lactones) is 1. The van der Waals surface area contributed by atoms with Crippen LogP contribution in [0.1, 0.15) is 48.4 Å². The van der Waals surface area contributed by atoms with Crippen molar-refractivity contribution in [2.24, 2.45) is 11.8 Å². The fourth-order valence-corrected chi connectivity index (χ4v) is 5.38. The van der Waals surface area contributed by atoms with E-state index in [0.717, 1.165) is 28.7 Å². The monoisotopic (exact) mass is 362 g/mol. The van der Waals surface area contributed by atoms with Crippen molar-refractivity contribution < 1.29 is 19.1 Å². The molecule has 1 unspecified atom stereocenters. The Morgan fingerprint density at radius 3 is 2.33 bits per heavy atom. The second-order valence-electron chi connectivity index (χ2n) is 7.89. The number of hydrogen-bond acceptors (Lipinski definition) is 4. The molecule has 1 aliphatic heterocycles. The Hall–Kier alpha value is -2.62. The van der Waals surface area contributed by atoms with Crippen LogP contribution in [0.25, 0.3) is 0 Å². The fraction of sp³-hybridized carbons (Fsp3) is 0.391. The Kier molecular flexibility index (Phi) is 3.48. The van der Waals surface area contributed by atoms with E-state index in [1.54, 1.807) is 0 Å². The van der Waals surface area contributed by atoms with Gasteiger partial charge in [0.15, 0.2) is 0 Å². The summed E-state index contributed by atoms with van der Waals surface area (Å²) in [6.45, 7) is 4.07. The van der Waals surface area contributed by atoms with E-state index in [1.807, 2.05) is 38.1 Å². The number of ether oxygens (including phenoxy) is 2. The number of carbonyl (C=O) groups is 2. The van der Waals surface area contributed by atoms with Crippen molar-refractivity contribution in [3.63, 3.8) is 0 Å². The molecule has 0 amide bonds. The number of carbonyl (C=O) groups excluding carboxylic acids is 2. The van der Waals surface area contributed by atoms with Crippen LogP contribution in [-0.2, 0) is 24.5 Å². The lowest BCUT2D eigenvalue weighted by atomic mass is 9.46. The molecule has 0 N–H and O–H groups in total. The van der Waals surface area contributed by atoms with Gasteiger partial charge in [-0.05, 0) is 35.6 Å².